The lowest BCUT2D eigenvalue weighted by atomic mass is 9.80. The SMILES string of the molecule is CC(Nc1ccccc1S(=O)(=O)N(C)C)C1CCC1. The van der Waals surface area contributed by atoms with Crippen LogP contribution in [-0.2, 0) is 10.0 Å². The third-order valence-electron chi connectivity index (χ3n) is 3.89. The van der Waals surface area contributed by atoms with Crippen LogP contribution in [0.3, 0.4) is 0 Å². The van der Waals surface area contributed by atoms with Crippen molar-refractivity contribution in [3.8, 4) is 0 Å². The Kier molecular flexibility index (Phi) is 4.16. The van der Waals surface area contributed by atoms with E-state index in [-0.39, 0.29) is 0 Å². The van der Waals surface area contributed by atoms with Gasteiger partial charge in [0.05, 0.1) is 5.69 Å². The molecule has 4 nitrogen and oxygen atoms in total. The Hall–Kier alpha value is -1.07. The van der Waals surface area contributed by atoms with Gasteiger partial charge in [-0.05, 0) is 37.8 Å². The lowest BCUT2D eigenvalue weighted by Crippen LogP contribution is -2.32. The van der Waals surface area contributed by atoms with E-state index in [9.17, 15) is 8.42 Å². The Bertz CT molecular complexity index is 536. The molecule has 1 atom stereocenters. The fourth-order valence-electron chi connectivity index (χ4n) is 2.31. The molecule has 5 heteroatoms. The van der Waals surface area contributed by atoms with E-state index in [1.54, 1.807) is 26.2 Å². The van der Waals surface area contributed by atoms with Crippen molar-refractivity contribution in [1.82, 2.24) is 4.31 Å². The predicted octanol–water partition coefficient (Wildman–Crippen LogP) is 2.54. The zero-order chi connectivity index (χ0) is 14.0. The highest BCUT2D eigenvalue weighted by atomic mass is 32.2. The van der Waals surface area contributed by atoms with Crippen LogP contribution in [0.1, 0.15) is 26.2 Å². The second-order valence-electron chi connectivity index (χ2n) is 5.41. The monoisotopic (exact) mass is 282 g/mol. The molecule has 2 rings (SSSR count). The van der Waals surface area contributed by atoms with Crippen LogP contribution in [-0.4, -0.2) is 32.9 Å². The molecule has 1 aliphatic carbocycles. The number of anilines is 1. The Morgan fingerprint density at radius 3 is 2.42 bits per heavy atom. The van der Waals surface area contributed by atoms with Gasteiger partial charge in [0.15, 0.2) is 0 Å². The molecule has 1 saturated carbocycles. The molecule has 0 radical (unpaired) electrons. The van der Waals surface area contributed by atoms with Gasteiger partial charge in [-0.3, -0.25) is 0 Å². The van der Waals surface area contributed by atoms with E-state index < -0.39 is 10.0 Å². The second kappa shape index (κ2) is 5.51. The van der Waals surface area contributed by atoms with Gasteiger partial charge in [-0.15, -0.1) is 0 Å². The van der Waals surface area contributed by atoms with Crippen molar-refractivity contribution < 1.29 is 8.42 Å². The van der Waals surface area contributed by atoms with E-state index in [2.05, 4.69) is 12.2 Å². The summed E-state index contributed by atoms with van der Waals surface area (Å²) in [6.07, 6.45) is 3.75. The first-order valence-corrected chi connectivity index (χ1v) is 8.15. The highest BCUT2D eigenvalue weighted by molar-refractivity contribution is 7.89. The van der Waals surface area contributed by atoms with Gasteiger partial charge in [0.2, 0.25) is 10.0 Å². The summed E-state index contributed by atoms with van der Waals surface area (Å²) in [5.41, 5.74) is 0.704. The smallest absolute Gasteiger partial charge is 0.244 e. The average molecular weight is 282 g/mol. The number of hydrogen-bond acceptors (Lipinski definition) is 3. The van der Waals surface area contributed by atoms with E-state index in [0.29, 0.717) is 22.5 Å². The Labute approximate surface area is 115 Å². The molecule has 1 unspecified atom stereocenters. The molecule has 19 heavy (non-hydrogen) atoms. The van der Waals surface area contributed by atoms with Crippen molar-refractivity contribution in [3.63, 3.8) is 0 Å². The third kappa shape index (κ3) is 2.92. The van der Waals surface area contributed by atoms with E-state index in [4.69, 9.17) is 0 Å². The Morgan fingerprint density at radius 2 is 1.89 bits per heavy atom. The normalized spacial score (nSPS) is 18.1. The summed E-state index contributed by atoms with van der Waals surface area (Å²) in [4.78, 5) is 0.353. The van der Waals surface area contributed by atoms with E-state index in [1.807, 2.05) is 12.1 Å². The molecule has 1 N–H and O–H groups in total. The number of nitrogens with one attached hydrogen (secondary N) is 1. The zero-order valence-electron chi connectivity index (χ0n) is 11.8. The Balaban J connectivity index is 2.26. The lowest BCUT2D eigenvalue weighted by Gasteiger charge is -2.33. The van der Waals surface area contributed by atoms with Crippen LogP contribution in [0.15, 0.2) is 29.2 Å². The molecule has 1 aliphatic rings. The first kappa shape index (κ1) is 14.3. The molecule has 106 valence electrons. The minimum Gasteiger partial charge on any atom is -0.381 e. The molecule has 0 amide bonds. The van der Waals surface area contributed by atoms with Crippen molar-refractivity contribution in [2.45, 2.75) is 37.1 Å². The fraction of sp³-hybridized carbons (Fsp3) is 0.571. The summed E-state index contributed by atoms with van der Waals surface area (Å²) in [5, 5.41) is 3.37. The largest absolute Gasteiger partial charge is 0.381 e. The molecule has 0 saturated heterocycles. The summed E-state index contributed by atoms with van der Waals surface area (Å²) in [6.45, 7) is 2.13. The zero-order valence-corrected chi connectivity index (χ0v) is 12.6. The molecule has 0 bridgehead atoms. The topological polar surface area (TPSA) is 49.4 Å². The van der Waals surface area contributed by atoms with Crippen LogP contribution >= 0.6 is 0 Å². The summed E-state index contributed by atoms with van der Waals surface area (Å²) in [7, 11) is -0.283. The quantitative estimate of drug-likeness (QED) is 0.903. The third-order valence-corrected chi connectivity index (χ3v) is 5.76. The van der Waals surface area contributed by atoms with Gasteiger partial charge in [0.25, 0.3) is 0 Å². The van der Waals surface area contributed by atoms with Gasteiger partial charge in [-0.1, -0.05) is 18.6 Å². The first-order chi connectivity index (χ1) is 8.93. The van der Waals surface area contributed by atoms with Crippen LogP contribution in [0, 0.1) is 5.92 Å². The highest BCUT2D eigenvalue weighted by Crippen LogP contribution is 2.32. The minimum absolute atomic E-state index is 0.312. The van der Waals surface area contributed by atoms with Crippen molar-refractivity contribution >= 4 is 15.7 Å². The Morgan fingerprint density at radius 1 is 1.26 bits per heavy atom. The standard InChI is InChI=1S/C14H22N2O2S/c1-11(12-7-6-8-12)15-13-9-4-5-10-14(13)19(17,18)16(2)3/h4-5,9-12,15H,6-8H2,1-3H3. The van der Waals surface area contributed by atoms with Gasteiger partial charge in [0, 0.05) is 20.1 Å². The van der Waals surface area contributed by atoms with Gasteiger partial charge < -0.3 is 5.32 Å². The summed E-state index contributed by atoms with van der Waals surface area (Å²) >= 11 is 0. The number of sulfonamides is 1. The van der Waals surface area contributed by atoms with Crippen molar-refractivity contribution in [2.24, 2.45) is 5.92 Å². The van der Waals surface area contributed by atoms with Crippen LogP contribution in [0.4, 0.5) is 5.69 Å². The number of rotatable bonds is 5. The molecule has 1 aromatic rings. The minimum atomic E-state index is -3.40. The molecule has 1 aromatic carbocycles. The van der Waals surface area contributed by atoms with Gasteiger partial charge in [-0.2, -0.15) is 0 Å². The summed E-state index contributed by atoms with van der Waals surface area (Å²) in [6, 6.07) is 7.43. The molecule has 0 aromatic heterocycles. The van der Waals surface area contributed by atoms with E-state index in [0.717, 1.165) is 0 Å². The fourth-order valence-corrected chi connectivity index (χ4v) is 3.36. The number of para-hydroxylation sites is 1. The first-order valence-electron chi connectivity index (χ1n) is 6.71. The summed E-state index contributed by atoms with van der Waals surface area (Å²) < 4.78 is 25.8. The average Bonchev–Trinajstić information content (AvgIpc) is 2.26. The molecular formula is C14H22N2O2S. The van der Waals surface area contributed by atoms with E-state index >= 15 is 0 Å². The molecule has 1 fully saturated rings. The molecule has 0 heterocycles. The van der Waals surface area contributed by atoms with Crippen molar-refractivity contribution in [1.29, 1.82) is 0 Å². The van der Waals surface area contributed by atoms with Crippen LogP contribution in [0.2, 0.25) is 0 Å². The maximum absolute atomic E-state index is 12.3. The van der Waals surface area contributed by atoms with E-state index in [1.165, 1.54) is 23.6 Å². The van der Waals surface area contributed by atoms with Crippen LogP contribution in [0.25, 0.3) is 0 Å². The van der Waals surface area contributed by atoms with Gasteiger partial charge in [-0.25, -0.2) is 12.7 Å². The second-order valence-corrected chi connectivity index (χ2v) is 7.53. The number of nitrogens with zero attached hydrogens (tertiary/aromatic N) is 1. The predicted molar refractivity (Wildman–Crippen MR) is 77.7 cm³/mol. The van der Waals surface area contributed by atoms with Crippen molar-refractivity contribution in [2.75, 3.05) is 19.4 Å². The van der Waals surface area contributed by atoms with Crippen LogP contribution in [0.5, 0.6) is 0 Å². The van der Waals surface area contributed by atoms with Gasteiger partial charge in [0.1, 0.15) is 4.90 Å². The van der Waals surface area contributed by atoms with Crippen LogP contribution < -0.4 is 5.32 Å². The van der Waals surface area contributed by atoms with Gasteiger partial charge >= 0.3 is 0 Å². The number of benzene rings is 1. The maximum Gasteiger partial charge on any atom is 0.244 e. The molecule has 0 aliphatic heterocycles. The molecule has 0 spiro atoms. The maximum atomic E-state index is 12.3. The lowest BCUT2D eigenvalue weighted by molar-refractivity contribution is 0.285. The van der Waals surface area contributed by atoms with Crippen molar-refractivity contribution in [3.05, 3.63) is 24.3 Å². The number of hydrogen-bond donors (Lipinski definition) is 1. The summed E-state index contributed by atoms with van der Waals surface area (Å²) in [5.74, 6) is 0.662. The molecular weight excluding hydrogens is 260 g/mol. The highest BCUT2D eigenvalue weighted by Gasteiger charge is 2.26.